The Hall–Kier alpha value is -1.23. The van der Waals surface area contributed by atoms with Gasteiger partial charge >= 0.3 is 0 Å². The Bertz CT molecular complexity index is 391. The van der Waals surface area contributed by atoms with Gasteiger partial charge in [0.2, 0.25) is 0 Å². The molecule has 0 spiro atoms. The summed E-state index contributed by atoms with van der Waals surface area (Å²) in [6.45, 7) is -0.253. The van der Waals surface area contributed by atoms with Crippen molar-refractivity contribution in [3.8, 4) is 5.75 Å². The largest absolute Gasteiger partial charge is 0.495 e. The summed E-state index contributed by atoms with van der Waals surface area (Å²) in [6, 6.07) is 4.73. The van der Waals surface area contributed by atoms with Crippen LogP contribution in [-0.4, -0.2) is 18.8 Å². The number of halogens is 1. The Morgan fingerprint density at radius 3 is 2.93 bits per heavy atom. The monoisotopic (exact) mass is 271 g/mol. The number of para-hydroxylation sites is 1. The van der Waals surface area contributed by atoms with Crippen LogP contribution in [-0.2, 0) is 0 Å². The van der Waals surface area contributed by atoms with Gasteiger partial charge in [0, 0.05) is 10.5 Å². The molecule has 0 aliphatic carbocycles. The van der Waals surface area contributed by atoms with E-state index in [2.05, 4.69) is 26.0 Å². The molecule has 15 heavy (non-hydrogen) atoms. The maximum absolute atomic E-state index is 9.09. The molecular formula is C9H10BrN3O2. The summed E-state index contributed by atoms with van der Waals surface area (Å²) in [6.07, 6.45) is 0. The number of azide groups is 1. The van der Waals surface area contributed by atoms with Crippen LogP contribution in [0.2, 0.25) is 0 Å². The molecule has 1 aromatic rings. The number of benzene rings is 1. The summed E-state index contributed by atoms with van der Waals surface area (Å²) >= 11 is 3.31. The summed E-state index contributed by atoms with van der Waals surface area (Å²) in [5, 5.41) is 12.6. The van der Waals surface area contributed by atoms with Crippen molar-refractivity contribution in [1.82, 2.24) is 0 Å². The fourth-order valence-electron chi connectivity index (χ4n) is 1.26. The number of methoxy groups -OCH3 is 1. The number of ether oxygens (including phenoxy) is 1. The molecule has 0 fully saturated rings. The normalized spacial score (nSPS) is 11.7. The number of rotatable bonds is 4. The highest BCUT2D eigenvalue weighted by Gasteiger charge is 2.15. The van der Waals surface area contributed by atoms with Gasteiger partial charge in [0.15, 0.2) is 0 Å². The highest BCUT2D eigenvalue weighted by atomic mass is 79.9. The third-order valence-corrected chi connectivity index (χ3v) is 2.55. The number of nitrogens with zero attached hydrogens (tertiary/aromatic N) is 3. The summed E-state index contributed by atoms with van der Waals surface area (Å²) < 4.78 is 5.92. The van der Waals surface area contributed by atoms with Gasteiger partial charge in [0.05, 0.1) is 24.2 Å². The lowest BCUT2D eigenvalue weighted by Crippen LogP contribution is -2.03. The van der Waals surface area contributed by atoms with Gasteiger partial charge in [-0.3, -0.25) is 0 Å². The van der Waals surface area contributed by atoms with Gasteiger partial charge < -0.3 is 9.84 Å². The Kier molecular flexibility index (Phi) is 4.42. The van der Waals surface area contributed by atoms with E-state index in [9.17, 15) is 0 Å². The molecule has 1 rings (SSSR count). The van der Waals surface area contributed by atoms with E-state index in [1.807, 2.05) is 6.07 Å². The molecule has 0 aliphatic heterocycles. The van der Waals surface area contributed by atoms with E-state index in [0.29, 0.717) is 11.3 Å². The quantitative estimate of drug-likeness (QED) is 0.519. The van der Waals surface area contributed by atoms with Crippen LogP contribution in [0.25, 0.3) is 10.4 Å². The Morgan fingerprint density at radius 1 is 1.67 bits per heavy atom. The number of aliphatic hydroxyl groups is 1. The van der Waals surface area contributed by atoms with Crippen LogP contribution in [0.1, 0.15) is 11.6 Å². The van der Waals surface area contributed by atoms with E-state index in [4.69, 9.17) is 15.4 Å². The van der Waals surface area contributed by atoms with E-state index in [0.717, 1.165) is 4.47 Å². The van der Waals surface area contributed by atoms with Crippen molar-refractivity contribution < 1.29 is 9.84 Å². The van der Waals surface area contributed by atoms with Crippen LogP contribution < -0.4 is 4.74 Å². The lowest BCUT2D eigenvalue weighted by atomic mass is 10.1. The predicted octanol–water partition coefficient (Wildman–Crippen LogP) is 2.80. The first-order valence-electron chi connectivity index (χ1n) is 4.22. The second-order valence-corrected chi connectivity index (χ2v) is 3.62. The van der Waals surface area contributed by atoms with Crippen molar-refractivity contribution in [3.05, 3.63) is 38.7 Å². The third-order valence-electron chi connectivity index (χ3n) is 1.92. The molecule has 0 bridgehead atoms. The minimum absolute atomic E-state index is 0.253. The van der Waals surface area contributed by atoms with E-state index < -0.39 is 6.04 Å². The third kappa shape index (κ3) is 2.62. The van der Waals surface area contributed by atoms with Gasteiger partial charge in [-0.05, 0) is 27.5 Å². The smallest absolute Gasteiger partial charge is 0.136 e. The van der Waals surface area contributed by atoms with Crippen molar-refractivity contribution in [1.29, 1.82) is 0 Å². The molecule has 5 nitrogen and oxygen atoms in total. The number of aliphatic hydroxyl groups excluding tert-OH is 1. The molecular weight excluding hydrogens is 262 g/mol. The van der Waals surface area contributed by atoms with Gasteiger partial charge in [-0.1, -0.05) is 17.2 Å². The molecule has 1 atom stereocenters. The highest BCUT2D eigenvalue weighted by Crippen LogP contribution is 2.34. The zero-order valence-electron chi connectivity index (χ0n) is 8.09. The molecule has 0 aliphatic rings. The first kappa shape index (κ1) is 11.8. The fourth-order valence-corrected chi connectivity index (χ4v) is 1.81. The molecule has 0 heterocycles. The van der Waals surface area contributed by atoms with E-state index in [-0.39, 0.29) is 6.61 Å². The molecule has 0 amide bonds. The zero-order valence-corrected chi connectivity index (χ0v) is 9.68. The fraction of sp³-hybridized carbons (Fsp3) is 0.333. The summed E-state index contributed by atoms with van der Waals surface area (Å²) in [7, 11) is 1.52. The lowest BCUT2D eigenvalue weighted by molar-refractivity contribution is 0.264. The average Bonchev–Trinajstić information content (AvgIpc) is 2.25. The van der Waals surface area contributed by atoms with Crippen LogP contribution >= 0.6 is 15.9 Å². The summed E-state index contributed by atoms with van der Waals surface area (Å²) in [5.74, 6) is 0.573. The maximum atomic E-state index is 9.09. The minimum atomic E-state index is -0.623. The van der Waals surface area contributed by atoms with Crippen molar-refractivity contribution in [2.45, 2.75) is 6.04 Å². The lowest BCUT2D eigenvalue weighted by Gasteiger charge is -2.14. The van der Waals surface area contributed by atoms with Crippen LogP contribution in [0.15, 0.2) is 27.8 Å². The van der Waals surface area contributed by atoms with Gasteiger partial charge in [0.1, 0.15) is 5.75 Å². The average molecular weight is 272 g/mol. The molecule has 0 radical (unpaired) electrons. The molecule has 1 aromatic carbocycles. The minimum Gasteiger partial charge on any atom is -0.495 e. The maximum Gasteiger partial charge on any atom is 0.136 e. The Labute approximate surface area is 95.4 Å². The Morgan fingerprint density at radius 2 is 2.40 bits per heavy atom. The first-order valence-corrected chi connectivity index (χ1v) is 5.01. The van der Waals surface area contributed by atoms with Gasteiger partial charge in [0.25, 0.3) is 0 Å². The molecule has 6 heteroatoms. The molecule has 1 N–H and O–H groups in total. The van der Waals surface area contributed by atoms with E-state index in [1.54, 1.807) is 12.1 Å². The first-order chi connectivity index (χ1) is 7.24. The summed E-state index contributed by atoms with van der Waals surface area (Å²) in [4.78, 5) is 2.68. The topological polar surface area (TPSA) is 78.2 Å². The second kappa shape index (κ2) is 5.60. The molecule has 1 unspecified atom stereocenters. The van der Waals surface area contributed by atoms with Gasteiger partial charge in [-0.15, -0.1) is 0 Å². The SMILES string of the molecule is COc1c(Br)cccc1C(CO)N=[N+]=[N-]. The van der Waals surface area contributed by atoms with Crippen molar-refractivity contribution in [2.24, 2.45) is 5.11 Å². The van der Waals surface area contributed by atoms with Crippen LogP contribution in [0.3, 0.4) is 0 Å². The number of hydrogen-bond donors (Lipinski definition) is 1. The van der Waals surface area contributed by atoms with Crippen molar-refractivity contribution in [3.63, 3.8) is 0 Å². The molecule has 0 saturated carbocycles. The van der Waals surface area contributed by atoms with Crippen molar-refractivity contribution >= 4 is 15.9 Å². The van der Waals surface area contributed by atoms with Gasteiger partial charge in [-0.25, -0.2) is 0 Å². The van der Waals surface area contributed by atoms with Crippen LogP contribution in [0.5, 0.6) is 5.75 Å². The predicted molar refractivity (Wildman–Crippen MR) is 59.7 cm³/mol. The standard InChI is InChI=1S/C9H10BrN3O2/c1-15-9-6(3-2-4-7(9)10)8(5-14)12-13-11/h2-4,8,14H,5H2,1H3. The molecule has 80 valence electrons. The Balaban J connectivity index is 3.21. The van der Waals surface area contributed by atoms with E-state index in [1.165, 1.54) is 7.11 Å². The van der Waals surface area contributed by atoms with E-state index >= 15 is 0 Å². The van der Waals surface area contributed by atoms with Crippen LogP contribution in [0, 0.1) is 0 Å². The molecule has 0 saturated heterocycles. The van der Waals surface area contributed by atoms with Gasteiger partial charge in [-0.2, -0.15) is 0 Å². The van der Waals surface area contributed by atoms with Crippen molar-refractivity contribution in [2.75, 3.05) is 13.7 Å². The zero-order chi connectivity index (χ0) is 11.3. The second-order valence-electron chi connectivity index (χ2n) is 2.77. The summed E-state index contributed by atoms with van der Waals surface area (Å²) in [5.41, 5.74) is 9.02. The highest BCUT2D eigenvalue weighted by molar-refractivity contribution is 9.10. The number of hydrogen-bond acceptors (Lipinski definition) is 3. The van der Waals surface area contributed by atoms with Crippen LogP contribution in [0.4, 0.5) is 0 Å². The molecule has 0 aromatic heterocycles.